The van der Waals surface area contributed by atoms with Crippen LogP contribution in [0.3, 0.4) is 0 Å². The van der Waals surface area contributed by atoms with Crippen LogP contribution in [-0.2, 0) is 7.05 Å². The molecule has 0 saturated heterocycles. The van der Waals surface area contributed by atoms with Gasteiger partial charge in [-0.2, -0.15) is 5.10 Å². The number of nitro groups is 1. The Kier molecular flexibility index (Phi) is 4.62. The highest BCUT2D eigenvalue weighted by Crippen LogP contribution is 2.33. The van der Waals surface area contributed by atoms with Crippen LogP contribution < -0.4 is 5.32 Å². The van der Waals surface area contributed by atoms with Gasteiger partial charge in [0.15, 0.2) is 0 Å². The van der Waals surface area contributed by atoms with Crippen molar-refractivity contribution in [3.63, 3.8) is 0 Å². The zero-order valence-corrected chi connectivity index (χ0v) is 12.6. The van der Waals surface area contributed by atoms with Gasteiger partial charge in [-0.05, 0) is 12.3 Å². The first-order valence-corrected chi connectivity index (χ1v) is 7.45. The van der Waals surface area contributed by atoms with Crippen molar-refractivity contribution in [2.45, 2.75) is 51.9 Å². The van der Waals surface area contributed by atoms with Crippen LogP contribution in [-0.4, -0.2) is 21.2 Å². The molecule has 0 aliphatic heterocycles. The second-order valence-corrected chi connectivity index (χ2v) is 5.98. The standard InChI is InChI=1S/C14H24N4O2/c1-10(2)12-13(18(19)20)14(17(3)16-12)15-9-8-11-6-4-5-7-11/h10-11,15H,4-9H2,1-3H3. The maximum absolute atomic E-state index is 11.3. The van der Waals surface area contributed by atoms with Crippen molar-refractivity contribution in [2.75, 3.05) is 11.9 Å². The minimum Gasteiger partial charge on any atom is -0.365 e. The molecule has 0 amide bonds. The van der Waals surface area contributed by atoms with Gasteiger partial charge >= 0.3 is 5.69 Å². The average molecular weight is 280 g/mol. The van der Waals surface area contributed by atoms with E-state index >= 15 is 0 Å². The summed E-state index contributed by atoms with van der Waals surface area (Å²) in [4.78, 5) is 11.0. The highest BCUT2D eigenvalue weighted by atomic mass is 16.6. The molecule has 1 aliphatic rings. The van der Waals surface area contributed by atoms with E-state index in [1.165, 1.54) is 25.7 Å². The fourth-order valence-electron chi connectivity index (χ4n) is 2.99. The first kappa shape index (κ1) is 14.8. The number of aromatic nitrogens is 2. The molecule has 2 rings (SSSR count). The molecule has 0 atom stereocenters. The normalized spacial score (nSPS) is 16.0. The van der Waals surface area contributed by atoms with E-state index < -0.39 is 0 Å². The lowest BCUT2D eigenvalue weighted by atomic mass is 10.0. The molecule has 1 aromatic rings. The first-order chi connectivity index (χ1) is 9.50. The highest BCUT2D eigenvalue weighted by molar-refractivity contribution is 5.60. The molecule has 0 unspecified atom stereocenters. The smallest absolute Gasteiger partial charge is 0.334 e. The Labute approximate surface area is 119 Å². The van der Waals surface area contributed by atoms with Crippen molar-refractivity contribution in [1.82, 2.24) is 9.78 Å². The summed E-state index contributed by atoms with van der Waals surface area (Å²) in [5.41, 5.74) is 0.690. The van der Waals surface area contributed by atoms with Gasteiger partial charge < -0.3 is 5.32 Å². The van der Waals surface area contributed by atoms with Gasteiger partial charge in [-0.15, -0.1) is 0 Å². The van der Waals surface area contributed by atoms with Crippen molar-refractivity contribution < 1.29 is 4.92 Å². The monoisotopic (exact) mass is 280 g/mol. The van der Waals surface area contributed by atoms with Crippen LogP contribution >= 0.6 is 0 Å². The molecule has 0 radical (unpaired) electrons. The minimum atomic E-state index is -0.319. The van der Waals surface area contributed by atoms with Gasteiger partial charge in [0.25, 0.3) is 0 Å². The van der Waals surface area contributed by atoms with E-state index in [9.17, 15) is 10.1 Å². The van der Waals surface area contributed by atoms with Gasteiger partial charge in [-0.3, -0.25) is 10.1 Å². The molecule has 112 valence electrons. The molecular weight excluding hydrogens is 256 g/mol. The summed E-state index contributed by atoms with van der Waals surface area (Å²) >= 11 is 0. The maximum atomic E-state index is 11.3. The number of nitrogens with zero attached hydrogens (tertiary/aromatic N) is 3. The third-order valence-corrected chi connectivity index (χ3v) is 4.10. The second kappa shape index (κ2) is 6.24. The lowest BCUT2D eigenvalue weighted by molar-refractivity contribution is -0.384. The lowest BCUT2D eigenvalue weighted by Gasteiger charge is -2.10. The van der Waals surface area contributed by atoms with Gasteiger partial charge in [-0.25, -0.2) is 4.68 Å². The first-order valence-electron chi connectivity index (χ1n) is 7.45. The van der Waals surface area contributed by atoms with Crippen LogP contribution in [0.4, 0.5) is 11.5 Å². The Morgan fingerprint density at radius 1 is 1.45 bits per heavy atom. The molecule has 1 aromatic heterocycles. The number of hydrogen-bond acceptors (Lipinski definition) is 4. The summed E-state index contributed by atoms with van der Waals surface area (Å²) in [5, 5.41) is 18.8. The largest absolute Gasteiger partial charge is 0.365 e. The van der Waals surface area contributed by atoms with Crippen molar-refractivity contribution >= 4 is 11.5 Å². The Bertz CT molecular complexity index is 476. The Balaban J connectivity index is 2.07. The Hall–Kier alpha value is -1.59. The van der Waals surface area contributed by atoms with Crippen molar-refractivity contribution in [3.8, 4) is 0 Å². The summed E-state index contributed by atoms with van der Waals surface area (Å²) in [6.45, 7) is 4.64. The highest BCUT2D eigenvalue weighted by Gasteiger charge is 2.28. The van der Waals surface area contributed by atoms with E-state index in [1.54, 1.807) is 11.7 Å². The molecule has 0 spiro atoms. The van der Waals surface area contributed by atoms with Gasteiger partial charge in [-0.1, -0.05) is 39.5 Å². The predicted octanol–water partition coefficient (Wildman–Crippen LogP) is 3.44. The van der Waals surface area contributed by atoms with Gasteiger partial charge in [0.05, 0.1) is 4.92 Å². The third-order valence-electron chi connectivity index (χ3n) is 4.10. The molecule has 1 fully saturated rings. The zero-order valence-electron chi connectivity index (χ0n) is 12.6. The van der Waals surface area contributed by atoms with E-state index in [1.807, 2.05) is 13.8 Å². The molecule has 1 N–H and O–H groups in total. The van der Waals surface area contributed by atoms with Crippen molar-refractivity contribution in [1.29, 1.82) is 0 Å². The SMILES string of the molecule is CC(C)c1nn(C)c(NCCC2CCCC2)c1[N+](=O)[O-]. The Morgan fingerprint density at radius 3 is 2.65 bits per heavy atom. The van der Waals surface area contributed by atoms with Crippen LogP contribution in [0.2, 0.25) is 0 Å². The van der Waals surface area contributed by atoms with Gasteiger partial charge in [0, 0.05) is 19.5 Å². The van der Waals surface area contributed by atoms with Crippen molar-refractivity contribution in [2.24, 2.45) is 13.0 Å². The van der Waals surface area contributed by atoms with E-state index in [-0.39, 0.29) is 16.5 Å². The van der Waals surface area contributed by atoms with Gasteiger partial charge in [0.1, 0.15) is 5.69 Å². The van der Waals surface area contributed by atoms with Crippen LogP contribution in [0, 0.1) is 16.0 Å². The van der Waals surface area contributed by atoms with E-state index in [2.05, 4.69) is 10.4 Å². The van der Waals surface area contributed by atoms with E-state index in [0.29, 0.717) is 11.5 Å². The van der Waals surface area contributed by atoms with Crippen LogP contribution in [0.5, 0.6) is 0 Å². The van der Waals surface area contributed by atoms with Crippen LogP contribution in [0.25, 0.3) is 0 Å². The predicted molar refractivity (Wildman–Crippen MR) is 79.0 cm³/mol. The quantitative estimate of drug-likeness (QED) is 0.640. The molecule has 0 aromatic carbocycles. The number of hydrogen-bond donors (Lipinski definition) is 1. The van der Waals surface area contributed by atoms with Crippen molar-refractivity contribution in [3.05, 3.63) is 15.8 Å². The number of nitrogens with one attached hydrogen (secondary N) is 1. The molecule has 20 heavy (non-hydrogen) atoms. The molecule has 6 heteroatoms. The zero-order chi connectivity index (χ0) is 14.7. The Morgan fingerprint density at radius 2 is 2.10 bits per heavy atom. The summed E-state index contributed by atoms with van der Waals surface area (Å²) in [5.74, 6) is 1.36. The van der Waals surface area contributed by atoms with E-state index in [0.717, 1.165) is 18.9 Å². The number of anilines is 1. The molecular formula is C14H24N4O2. The number of aryl methyl sites for hydroxylation is 1. The topological polar surface area (TPSA) is 73.0 Å². The summed E-state index contributed by atoms with van der Waals surface area (Å²) < 4.78 is 1.60. The average Bonchev–Trinajstić information content (AvgIpc) is 2.98. The minimum absolute atomic E-state index is 0.0481. The van der Waals surface area contributed by atoms with Crippen LogP contribution in [0.1, 0.15) is 57.6 Å². The molecule has 0 bridgehead atoms. The molecule has 1 saturated carbocycles. The number of rotatable bonds is 6. The van der Waals surface area contributed by atoms with Gasteiger partial charge in [0.2, 0.25) is 5.82 Å². The maximum Gasteiger partial charge on any atom is 0.334 e. The summed E-state index contributed by atoms with van der Waals surface area (Å²) in [6.07, 6.45) is 6.33. The van der Waals surface area contributed by atoms with E-state index in [4.69, 9.17) is 0 Å². The fourth-order valence-corrected chi connectivity index (χ4v) is 2.99. The molecule has 1 aliphatic carbocycles. The summed E-state index contributed by atoms with van der Waals surface area (Å²) in [6, 6.07) is 0. The second-order valence-electron chi connectivity index (χ2n) is 5.98. The molecule has 1 heterocycles. The van der Waals surface area contributed by atoms with Crippen LogP contribution in [0.15, 0.2) is 0 Å². The molecule has 6 nitrogen and oxygen atoms in total. The third kappa shape index (κ3) is 3.11. The fraction of sp³-hybridized carbons (Fsp3) is 0.786. The summed E-state index contributed by atoms with van der Waals surface area (Å²) in [7, 11) is 1.76. The lowest BCUT2D eigenvalue weighted by Crippen LogP contribution is -2.10.